The molecule has 3 N–H and O–H groups in total. The van der Waals surface area contributed by atoms with Crippen molar-refractivity contribution in [3.8, 4) is 5.88 Å². The SMILES string of the molecule is COc1ccc(NS(=O)(=O)c2ccc(CCN)s2)cn1. The second kappa shape index (κ2) is 6.21. The minimum Gasteiger partial charge on any atom is -0.481 e. The highest BCUT2D eigenvalue weighted by molar-refractivity contribution is 7.94. The quantitative estimate of drug-likeness (QED) is 0.842. The third kappa shape index (κ3) is 3.47. The van der Waals surface area contributed by atoms with Crippen molar-refractivity contribution in [2.24, 2.45) is 5.73 Å². The van der Waals surface area contributed by atoms with Gasteiger partial charge in [0.1, 0.15) is 4.21 Å². The molecule has 108 valence electrons. The number of thiophene rings is 1. The van der Waals surface area contributed by atoms with Gasteiger partial charge in [-0.2, -0.15) is 0 Å². The molecule has 0 aliphatic heterocycles. The summed E-state index contributed by atoms with van der Waals surface area (Å²) in [5, 5.41) is 0. The van der Waals surface area contributed by atoms with E-state index in [9.17, 15) is 8.42 Å². The summed E-state index contributed by atoms with van der Waals surface area (Å²) in [4.78, 5) is 4.89. The van der Waals surface area contributed by atoms with Crippen molar-refractivity contribution in [3.63, 3.8) is 0 Å². The molecule has 0 aliphatic rings. The van der Waals surface area contributed by atoms with E-state index in [1.54, 1.807) is 24.3 Å². The van der Waals surface area contributed by atoms with E-state index in [-0.39, 0.29) is 4.21 Å². The van der Waals surface area contributed by atoms with Gasteiger partial charge in [-0.1, -0.05) is 0 Å². The normalized spacial score (nSPS) is 11.3. The lowest BCUT2D eigenvalue weighted by molar-refractivity contribution is 0.398. The van der Waals surface area contributed by atoms with E-state index >= 15 is 0 Å². The lowest BCUT2D eigenvalue weighted by Crippen LogP contribution is -2.11. The minimum atomic E-state index is -3.58. The summed E-state index contributed by atoms with van der Waals surface area (Å²) in [5.74, 6) is 0.425. The molecule has 0 spiro atoms. The van der Waals surface area contributed by atoms with Gasteiger partial charge in [0.05, 0.1) is 19.0 Å². The Hall–Kier alpha value is -1.64. The van der Waals surface area contributed by atoms with Crippen LogP contribution < -0.4 is 15.2 Å². The van der Waals surface area contributed by atoms with E-state index in [1.807, 2.05) is 0 Å². The molecule has 8 heteroatoms. The van der Waals surface area contributed by atoms with Crippen molar-refractivity contribution in [2.75, 3.05) is 18.4 Å². The molecule has 0 fully saturated rings. The molecule has 2 heterocycles. The van der Waals surface area contributed by atoms with Gasteiger partial charge in [-0.15, -0.1) is 11.3 Å². The van der Waals surface area contributed by atoms with E-state index in [4.69, 9.17) is 10.5 Å². The van der Waals surface area contributed by atoms with Crippen LogP contribution in [0, 0.1) is 0 Å². The van der Waals surface area contributed by atoms with Crippen molar-refractivity contribution >= 4 is 27.0 Å². The van der Waals surface area contributed by atoms with E-state index in [1.165, 1.54) is 24.6 Å². The van der Waals surface area contributed by atoms with Crippen LogP contribution in [0.15, 0.2) is 34.7 Å². The molecule has 0 saturated carbocycles. The Kier molecular flexibility index (Phi) is 4.58. The Morgan fingerprint density at radius 1 is 1.35 bits per heavy atom. The Morgan fingerprint density at radius 2 is 2.15 bits per heavy atom. The monoisotopic (exact) mass is 313 g/mol. The number of nitrogens with two attached hydrogens (primary N) is 1. The fourth-order valence-electron chi connectivity index (χ4n) is 1.55. The Bertz CT molecular complexity index is 666. The maximum absolute atomic E-state index is 12.2. The van der Waals surface area contributed by atoms with Gasteiger partial charge >= 0.3 is 0 Å². The van der Waals surface area contributed by atoms with Crippen LogP contribution in [-0.4, -0.2) is 27.1 Å². The molecule has 0 aliphatic carbocycles. The van der Waals surface area contributed by atoms with Crippen molar-refractivity contribution in [3.05, 3.63) is 35.3 Å². The summed E-state index contributed by atoms with van der Waals surface area (Å²) in [7, 11) is -2.09. The number of methoxy groups -OCH3 is 1. The summed E-state index contributed by atoms with van der Waals surface area (Å²) in [6.07, 6.45) is 2.08. The number of rotatable bonds is 6. The number of ether oxygens (including phenoxy) is 1. The Balaban J connectivity index is 2.16. The highest BCUT2D eigenvalue weighted by atomic mass is 32.2. The summed E-state index contributed by atoms with van der Waals surface area (Å²) < 4.78 is 32.0. The number of aromatic nitrogens is 1. The number of hydrogen-bond acceptors (Lipinski definition) is 6. The van der Waals surface area contributed by atoms with E-state index < -0.39 is 10.0 Å². The maximum atomic E-state index is 12.2. The molecule has 0 radical (unpaired) electrons. The summed E-state index contributed by atoms with van der Waals surface area (Å²) in [6, 6.07) is 6.54. The van der Waals surface area contributed by atoms with Crippen molar-refractivity contribution in [1.29, 1.82) is 0 Å². The summed E-state index contributed by atoms with van der Waals surface area (Å²) >= 11 is 1.22. The van der Waals surface area contributed by atoms with Crippen molar-refractivity contribution in [1.82, 2.24) is 4.98 Å². The van der Waals surface area contributed by atoms with E-state index in [2.05, 4.69) is 9.71 Å². The number of pyridine rings is 1. The molecule has 2 aromatic heterocycles. The second-order valence-corrected chi connectivity index (χ2v) is 7.03. The average molecular weight is 313 g/mol. The summed E-state index contributed by atoms with van der Waals surface area (Å²) in [5.41, 5.74) is 5.84. The lowest BCUT2D eigenvalue weighted by Gasteiger charge is -2.06. The molecule has 6 nitrogen and oxygen atoms in total. The van der Waals surface area contributed by atoms with Gasteiger partial charge in [-0.25, -0.2) is 13.4 Å². The fourth-order valence-corrected chi connectivity index (χ4v) is 3.96. The fraction of sp³-hybridized carbons (Fsp3) is 0.250. The predicted molar refractivity (Wildman–Crippen MR) is 78.7 cm³/mol. The predicted octanol–water partition coefficient (Wildman–Crippen LogP) is 1.45. The Morgan fingerprint density at radius 3 is 2.75 bits per heavy atom. The largest absolute Gasteiger partial charge is 0.481 e. The highest BCUT2D eigenvalue weighted by Crippen LogP contribution is 2.24. The maximum Gasteiger partial charge on any atom is 0.271 e. The van der Waals surface area contributed by atoms with Gasteiger partial charge in [0.25, 0.3) is 10.0 Å². The molecule has 2 aromatic rings. The number of nitrogens with zero attached hydrogens (tertiary/aromatic N) is 1. The molecule has 0 bridgehead atoms. The smallest absolute Gasteiger partial charge is 0.271 e. The van der Waals surface area contributed by atoms with Gasteiger partial charge in [0.2, 0.25) is 5.88 Å². The van der Waals surface area contributed by atoms with Crippen LogP contribution in [0.3, 0.4) is 0 Å². The van der Waals surface area contributed by atoms with E-state index in [0.29, 0.717) is 24.5 Å². The van der Waals surface area contributed by atoms with Crippen LogP contribution in [-0.2, 0) is 16.4 Å². The highest BCUT2D eigenvalue weighted by Gasteiger charge is 2.17. The minimum absolute atomic E-state index is 0.261. The van der Waals surface area contributed by atoms with Gasteiger partial charge in [0.15, 0.2) is 0 Å². The molecule has 20 heavy (non-hydrogen) atoms. The third-order valence-corrected chi connectivity index (χ3v) is 5.51. The van der Waals surface area contributed by atoms with Crippen molar-refractivity contribution < 1.29 is 13.2 Å². The molecule has 0 aromatic carbocycles. The average Bonchev–Trinajstić information content (AvgIpc) is 2.89. The summed E-state index contributed by atoms with van der Waals surface area (Å²) in [6.45, 7) is 0.496. The topological polar surface area (TPSA) is 94.3 Å². The first kappa shape index (κ1) is 14.8. The van der Waals surface area contributed by atoms with Crippen molar-refractivity contribution in [2.45, 2.75) is 10.6 Å². The number of hydrogen-bond donors (Lipinski definition) is 2. The third-order valence-electron chi connectivity index (χ3n) is 2.49. The van der Waals surface area contributed by atoms with Crippen LogP contribution in [0.25, 0.3) is 0 Å². The van der Waals surface area contributed by atoms with Crippen LogP contribution in [0.2, 0.25) is 0 Å². The van der Waals surface area contributed by atoms with Gasteiger partial charge in [-0.05, 0) is 31.2 Å². The number of sulfonamides is 1. The van der Waals surface area contributed by atoms with Crippen LogP contribution in [0.4, 0.5) is 5.69 Å². The standard InChI is InChI=1S/C12H15N3O3S2/c1-18-11-4-2-9(8-14-11)15-20(16,17)12-5-3-10(19-12)6-7-13/h2-5,8,15H,6-7,13H2,1H3. The lowest BCUT2D eigenvalue weighted by atomic mass is 10.3. The number of nitrogens with one attached hydrogen (secondary N) is 1. The zero-order valence-corrected chi connectivity index (χ0v) is 12.5. The first-order chi connectivity index (χ1) is 9.55. The second-order valence-electron chi connectivity index (χ2n) is 3.95. The van der Waals surface area contributed by atoms with Crippen LogP contribution in [0.5, 0.6) is 5.88 Å². The van der Waals surface area contributed by atoms with Crippen LogP contribution >= 0.6 is 11.3 Å². The molecule has 0 amide bonds. The van der Waals surface area contributed by atoms with Gasteiger partial charge in [0, 0.05) is 10.9 Å². The zero-order chi connectivity index (χ0) is 14.6. The zero-order valence-electron chi connectivity index (χ0n) is 10.9. The van der Waals surface area contributed by atoms with E-state index in [0.717, 1.165) is 4.88 Å². The molecule has 0 saturated heterocycles. The molecule has 2 rings (SSSR count). The molecule has 0 unspecified atom stereocenters. The van der Waals surface area contributed by atoms with Gasteiger partial charge in [-0.3, -0.25) is 4.72 Å². The first-order valence-corrected chi connectivity index (χ1v) is 8.17. The van der Waals surface area contributed by atoms with Crippen LogP contribution in [0.1, 0.15) is 4.88 Å². The Labute approximate surface area is 121 Å². The van der Waals surface area contributed by atoms with Gasteiger partial charge < -0.3 is 10.5 Å². The molecular weight excluding hydrogens is 298 g/mol. The molecule has 0 atom stereocenters. The molecular formula is C12H15N3O3S2. The number of anilines is 1. The first-order valence-electron chi connectivity index (χ1n) is 5.87.